The first kappa shape index (κ1) is 20.5. The number of carbonyl (C=O) groups is 1. The number of aryl methyl sites for hydroxylation is 1. The maximum atomic E-state index is 13.0. The summed E-state index contributed by atoms with van der Waals surface area (Å²) in [5, 5.41) is 10.5. The second kappa shape index (κ2) is 7.99. The number of rotatable bonds is 5. The van der Waals surface area contributed by atoms with Crippen molar-refractivity contribution in [1.29, 1.82) is 0 Å². The van der Waals surface area contributed by atoms with Crippen molar-refractivity contribution in [1.82, 2.24) is 4.31 Å². The average molecular weight is 400 g/mol. The molecule has 5 nitrogen and oxygen atoms in total. The molecule has 2 aromatic rings. The molecule has 0 aliphatic carbocycles. The van der Waals surface area contributed by atoms with Crippen molar-refractivity contribution >= 4 is 21.4 Å². The summed E-state index contributed by atoms with van der Waals surface area (Å²) in [5.74, 6) is -0.428. The van der Waals surface area contributed by atoms with Crippen molar-refractivity contribution in [3.05, 3.63) is 71.8 Å². The number of hydrogen-bond donors (Lipinski definition) is 1. The number of nitrogens with zero attached hydrogens (tertiary/aromatic N) is 1. The van der Waals surface area contributed by atoms with Crippen LogP contribution < -0.4 is 0 Å². The normalized spacial score (nSPS) is 20.7. The van der Waals surface area contributed by atoms with Gasteiger partial charge in [0.1, 0.15) is 0 Å². The van der Waals surface area contributed by atoms with Gasteiger partial charge in [0, 0.05) is 24.6 Å². The van der Waals surface area contributed by atoms with Gasteiger partial charge in [-0.05, 0) is 43.5 Å². The molecule has 0 aromatic heterocycles. The number of carbonyl (C=O) groups excluding carboxylic acids is 1. The van der Waals surface area contributed by atoms with Crippen LogP contribution in [0.4, 0.5) is 0 Å². The highest BCUT2D eigenvalue weighted by molar-refractivity contribution is 7.89. The Morgan fingerprint density at radius 3 is 2.21 bits per heavy atom. The van der Waals surface area contributed by atoms with Crippen LogP contribution in [0.2, 0.25) is 0 Å². The van der Waals surface area contributed by atoms with Crippen LogP contribution in [-0.4, -0.2) is 42.8 Å². The van der Waals surface area contributed by atoms with Crippen molar-refractivity contribution in [3.63, 3.8) is 0 Å². The van der Waals surface area contributed by atoms with Crippen LogP contribution in [0, 0.1) is 12.8 Å². The summed E-state index contributed by atoms with van der Waals surface area (Å²) in [4.78, 5) is 11.7. The Hall–Kier alpha value is -2.28. The third-order valence-corrected chi connectivity index (χ3v) is 7.19. The summed E-state index contributed by atoms with van der Waals surface area (Å²) < 4.78 is 27.4. The zero-order valence-corrected chi connectivity index (χ0v) is 16.9. The molecule has 148 valence electrons. The van der Waals surface area contributed by atoms with Crippen molar-refractivity contribution in [3.8, 4) is 0 Å². The first-order valence-electron chi connectivity index (χ1n) is 9.25. The number of hydrogen-bond acceptors (Lipinski definition) is 4. The fraction of sp³-hybridized carbons (Fsp3) is 0.318. The van der Waals surface area contributed by atoms with Crippen LogP contribution >= 0.6 is 0 Å². The highest BCUT2D eigenvalue weighted by atomic mass is 32.2. The molecule has 0 bridgehead atoms. The first-order valence-corrected chi connectivity index (χ1v) is 10.7. The molecule has 1 heterocycles. The van der Waals surface area contributed by atoms with E-state index in [4.69, 9.17) is 0 Å². The molecule has 3 rings (SSSR count). The van der Waals surface area contributed by atoms with E-state index in [1.165, 1.54) is 11.2 Å². The Labute approximate surface area is 166 Å². The minimum absolute atomic E-state index is 0.0229. The molecule has 0 saturated carbocycles. The summed E-state index contributed by atoms with van der Waals surface area (Å²) in [6.07, 6.45) is -0.315. The van der Waals surface area contributed by atoms with Crippen LogP contribution in [0.15, 0.2) is 60.0 Å². The highest BCUT2D eigenvalue weighted by Crippen LogP contribution is 2.32. The number of aliphatic hydroxyl groups is 1. The van der Waals surface area contributed by atoms with Crippen molar-refractivity contribution in [2.24, 2.45) is 5.92 Å². The number of piperidine rings is 1. The predicted octanol–water partition coefficient (Wildman–Crippen LogP) is 3.28. The third kappa shape index (κ3) is 4.09. The summed E-state index contributed by atoms with van der Waals surface area (Å²) in [5.41, 5.74) is 3.06. The van der Waals surface area contributed by atoms with Crippen molar-refractivity contribution < 1.29 is 18.3 Å². The van der Waals surface area contributed by atoms with Crippen LogP contribution in [0.1, 0.15) is 34.8 Å². The Balaban J connectivity index is 1.83. The molecule has 0 spiro atoms. The van der Waals surface area contributed by atoms with Gasteiger partial charge in [0.25, 0.3) is 0 Å². The standard InChI is InChI=1S/C22H25NO4S/c1-15-4-10-20(11-5-15)28(26,27)23-13-12-22(25)21(14-23)16(2)18-6-8-19(9-7-18)17(3)24/h4-11,21-22,25H,2,12-14H2,1,3H3/t21-,22-/m1/s1. The van der Waals surface area contributed by atoms with E-state index in [9.17, 15) is 18.3 Å². The molecule has 28 heavy (non-hydrogen) atoms. The van der Waals surface area contributed by atoms with Gasteiger partial charge < -0.3 is 5.11 Å². The van der Waals surface area contributed by atoms with E-state index in [0.717, 1.165) is 11.1 Å². The largest absolute Gasteiger partial charge is 0.392 e. The molecular formula is C22H25NO4S. The molecular weight excluding hydrogens is 374 g/mol. The van der Waals surface area contributed by atoms with Gasteiger partial charge in [-0.1, -0.05) is 48.5 Å². The molecule has 1 fully saturated rings. The minimum Gasteiger partial charge on any atom is -0.392 e. The van der Waals surface area contributed by atoms with Gasteiger partial charge in [0.2, 0.25) is 10.0 Å². The fourth-order valence-electron chi connectivity index (χ4n) is 3.46. The first-order chi connectivity index (χ1) is 13.2. The number of benzene rings is 2. The lowest BCUT2D eigenvalue weighted by Gasteiger charge is -2.36. The fourth-order valence-corrected chi connectivity index (χ4v) is 4.94. The zero-order chi connectivity index (χ0) is 20.5. The molecule has 1 N–H and O–H groups in total. The van der Waals surface area contributed by atoms with Gasteiger partial charge in [-0.15, -0.1) is 0 Å². The topological polar surface area (TPSA) is 74.7 Å². The summed E-state index contributed by atoms with van der Waals surface area (Å²) in [7, 11) is -3.63. The molecule has 2 aromatic carbocycles. The monoisotopic (exact) mass is 399 g/mol. The number of Topliss-reactive ketones (excluding diaryl/α,β-unsaturated/α-hetero) is 1. The van der Waals surface area contributed by atoms with Gasteiger partial charge in [-0.25, -0.2) is 8.42 Å². The Kier molecular flexibility index (Phi) is 5.84. The minimum atomic E-state index is -3.63. The quantitative estimate of drug-likeness (QED) is 0.783. The SMILES string of the molecule is C=C(c1ccc(C(C)=O)cc1)[C@H]1CN(S(=O)(=O)c2ccc(C)cc2)CC[C@H]1O. The molecule has 0 amide bonds. The molecule has 1 saturated heterocycles. The van der Waals surface area contributed by atoms with Gasteiger partial charge >= 0.3 is 0 Å². The average Bonchev–Trinajstić information content (AvgIpc) is 2.68. The second-order valence-corrected chi connectivity index (χ2v) is 9.24. The van der Waals surface area contributed by atoms with E-state index in [1.807, 2.05) is 6.92 Å². The summed E-state index contributed by atoms with van der Waals surface area (Å²) >= 11 is 0. The van der Waals surface area contributed by atoms with Crippen LogP contribution in [0.25, 0.3) is 5.57 Å². The van der Waals surface area contributed by atoms with E-state index in [1.54, 1.807) is 48.5 Å². The summed E-state index contributed by atoms with van der Waals surface area (Å²) in [6, 6.07) is 13.8. The molecule has 1 aliphatic rings. The van der Waals surface area contributed by atoms with Gasteiger partial charge in [-0.3, -0.25) is 4.79 Å². The van der Waals surface area contributed by atoms with Crippen LogP contribution in [0.3, 0.4) is 0 Å². The lowest BCUT2D eigenvalue weighted by molar-refractivity contribution is 0.0803. The van der Waals surface area contributed by atoms with E-state index in [-0.39, 0.29) is 23.8 Å². The van der Waals surface area contributed by atoms with Gasteiger partial charge in [-0.2, -0.15) is 4.31 Å². The molecule has 1 aliphatic heterocycles. The second-order valence-electron chi connectivity index (χ2n) is 7.30. The molecule has 6 heteroatoms. The molecule has 2 atom stereocenters. The maximum absolute atomic E-state index is 13.0. The van der Waals surface area contributed by atoms with Gasteiger partial charge in [0.05, 0.1) is 11.0 Å². The summed E-state index contributed by atoms with van der Waals surface area (Å²) in [6.45, 7) is 7.96. The van der Waals surface area contributed by atoms with E-state index in [2.05, 4.69) is 6.58 Å². The van der Waals surface area contributed by atoms with Crippen LogP contribution in [-0.2, 0) is 10.0 Å². The van der Waals surface area contributed by atoms with Crippen LogP contribution in [0.5, 0.6) is 0 Å². The van der Waals surface area contributed by atoms with Crippen molar-refractivity contribution in [2.75, 3.05) is 13.1 Å². The third-order valence-electron chi connectivity index (χ3n) is 5.31. The molecule has 0 radical (unpaired) electrons. The predicted molar refractivity (Wildman–Crippen MR) is 110 cm³/mol. The Morgan fingerprint density at radius 1 is 1.07 bits per heavy atom. The lowest BCUT2D eigenvalue weighted by Crippen LogP contribution is -2.46. The van der Waals surface area contributed by atoms with E-state index in [0.29, 0.717) is 17.6 Å². The highest BCUT2D eigenvalue weighted by Gasteiger charge is 2.36. The Bertz CT molecular complexity index is 978. The lowest BCUT2D eigenvalue weighted by atomic mass is 9.85. The number of sulfonamides is 1. The Morgan fingerprint density at radius 2 is 1.64 bits per heavy atom. The van der Waals surface area contributed by atoms with E-state index >= 15 is 0 Å². The van der Waals surface area contributed by atoms with E-state index < -0.39 is 22.0 Å². The maximum Gasteiger partial charge on any atom is 0.243 e. The number of aliphatic hydroxyl groups excluding tert-OH is 1. The van der Waals surface area contributed by atoms with Crippen molar-refractivity contribution in [2.45, 2.75) is 31.3 Å². The zero-order valence-electron chi connectivity index (χ0n) is 16.1. The van der Waals surface area contributed by atoms with Gasteiger partial charge in [0.15, 0.2) is 5.78 Å². The number of ketones is 1. The molecule has 0 unspecified atom stereocenters. The smallest absolute Gasteiger partial charge is 0.243 e.